The third-order valence-electron chi connectivity index (χ3n) is 7.20. The molecule has 0 saturated heterocycles. The molecule has 0 aliphatic rings. The Morgan fingerprint density at radius 3 is 2.62 bits per heavy atom. The van der Waals surface area contributed by atoms with E-state index in [1.54, 1.807) is 22.9 Å². The summed E-state index contributed by atoms with van der Waals surface area (Å²) in [6, 6.07) is 14.8. The number of ether oxygens (including phenoxy) is 1. The number of nitrogen functional groups attached to an aromatic ring is 1. The molecule has 0 aliphatic carbocycles. The minimum Gasteiger partial charge on any atom is -0.470 e. The number of rotatable bonds is 9. The quantitative estimate of drug-likeness (QED) is 0.209. The fourth-order valence-electron chi connectivity index (χ4n) is 4.63. The number of thiazole rings is 1. The van der Waals surface area contributed by atoms with Crippen LogP contribution >= 0.6 is 22.9 Å². The normalized spacial score (nSPS) is 13.6. The number of fused-ring (bicyclic) bond motifs is 1. The smallest absolute Gasteiger partial charge is 0.273 e. The molecule has 0 bridgehead atoms. The molecule has 2 atom stereocenters. The molecule has 2 aromatic carbocycles. The van der Waals surface area contributed by atoms with E-state index in [0.717, 1.165) is 0 Å². The van der Waals surface area contributed by atoms with E-state index in [2.05, 4.69) is 34.1 Å². The van der Waals surface area contributed by atoms with Crippen LogP contribution in [0.1, 0.15) is 45.9 Å². The van der Waals surface area contributed by atoms with Gasteiger partial charge in [-0.15, -0.1) is 0 Å². The van der Waals surface area contributed by atoms with Crippen molar-refractivity contribution in [3.63, 3.8) is 0 Å². The van der Waals surface area contributed by atoms with Crippen molar-refractivity contribution in [2.24, 2.45) is 0 Å². The molecule has 0 spiro atoms. The zero-order valence-electron chi connectivity index (χ0n) is 22.7. The maximum Gasteiger partial charge on any atom is 0.273 e. The van der Waals surface area contributed by atoms with E-state index in [0.29, 0.717) is 62.7 Å². The number of aromatic nitrogens is 5. The first-order chi connectivity index (χ1) is 19.3. The zero-order chi connectivity index (χ0) is 28.4. The van der Waals surface area contributed by atoms with Crippen LogP contribution in [0.15, 0.2) is 64.9 Å². The van der Waals surface area contributed by atoms with Crippen LogP contribution in [0.3, 0.4) is 0 Å². The second-order valence-electron chi connectivity index (χ2n) is 9.62. The van der Waals surface area contributed by atoms with Crippen molar-refractivity contribution in [1.29, 1.82) is 0 Å². The Bertz CT molecular complexity index is 1720. The maximum atomic E-state index is 13.9. The van der Waals surface area contributed by atoms with Crippen molar-refractivity contribution >= 4 is 45.6 Å². The molecule has 0 fully saturated rings. The van der Waals surface area contributed by atoms with Crippen molar-refractivity contribution in [1.82, 2.24) is 24.5 Å². The van der Waals surface area contributed by atoms with Gasteiger partial charge < -0.3 is 15.8 Å². The van der Waals surface area contributed by atoms with Gasteiger partial charge in [-0.25, -0.2) is 15.0 Å². The molecule has 206 valence electrons. The van der Waals surface area contributed by atoms with Gasteiger partial charge >= 0.3 is 0 Å². The number of nitrogens with one attached hydrogen (secondary N) is 1. The average molecular weight is 576 g/mol. The fraction of sp³-hybridized carbons (Fsp3) is 0.276. The topological polar surface area (TPSA) is 121 Å². The molecule has 9 nitrogen and oxygen atoms in total. The summed E-state index contributed by atoms with van der Waals surface area (Å²) in [6.45, 7) is 8.64. The van der Waals surface area contributed by atoms with Crippen LogP contribution in [-0.4, -0.2) is 36.6 Å². The van der Waals surface area contributed by atoms with Crippen LogP contribution in [0, 0.1) is 0 Å². The third kappa shape index (κ3) is 5.12. The summed E-state index contributed by atoms with van der Waals surface area (Å²) < 4.78 is 7.22. The molecule has 5 rings (SSSR count). The molecular weight excluding hydrogens is 546 g/mol. The number of benzene rings is 2. The lowest BCUT2D eigenvalue weighted by Crippen LogP contribution is -2.42. The number of anilines is 2. The zero-order valence-corrected chi connectivity index (χ0v) is 24.3. The SMILES string of the molecule is CCOc1nc(-c2cnc(N)nc2NC(C)(CC)C(C)c2nc3cccc(Cl)c3c(=O)n2-c2ccccc2)cs1. The lowest BCUT2D eigenvalue weighted by atomic mass is 9.83. The summed E-state index contributed by atoms with van der Waals surface area (Å²) in [5, 5.41) is 6.84. The number of hydrogen-bond acceptors (Lipinski definition) is 9. The van der Waals surface area contributed by atoms with Crippen LogP contribution in [-0.2, 0) is 0 Å². The molecule has 3 N–H and O–H groups in total. The molecule has 5 aromatic rings. The minimum absolute atomic E-state index is 0.136. The van der Waals surface area contributed by atoms with Gasteiger partial charge in [0.1, 0.15) is 11.6 Å². The second-order valence-corrected chi connectivity index (χ2v) is 10.8. The molecule has 3 aromatic heterocycles. The first-order valence-corrected chi connectivity index (χ1v) is 14.3. The Morgan fingerprint density at radius 2 is 1.90 bits per heavy atom. The number of para-hydroxylation sites is 1. The predicted octanol–water partition coefficient (Wildman–Crippen LogP) is 6.32. The Balaban J connectivity index is 1.64. The van der Waals surface area contributed by atoms with Gasteiger partial charge in [0.2, 0.25) is 5.95 Å². The highest BCUT2D eigenvalue weighted by atomic mass is 35.5. The van der Waals surface area contributed by atoms with Gasteiger partial charge in [-0.2, -0.15) is 4.98 Å². The van der Waals surface area contributed by atoms with Crippen LogP contribution < -0.4 is 21.3 Å². The largest absolute Gasteiger partial charge is 0.470 e. The van der Waals surface area contributed by atoms with E-state index >= 15 is 0 Å². The van der Waals surface area contributed by atoms with E-state index in [4.69, 9.17) is 27.1 Å². The van der Waals surface area contributed by atoms with E-state index in [-0.39, 0.29) is 17.4 Å². The van der Waals surface area contributed by atoms with E-state index in [1.807, 2.05) is 55.6 Å². The van der Waals surface area contributed by atoms with Crippen molar-refractivity contribution in [2.45, 2.75) is 45.6 Å². The lowest BCUT2D eigenvalue weighted by Gasteiger charge is -2.37. The number of halogens is 1. The molecule has 0 aliphatic heterocycles. The molecule has 2 unspecified atom stereocenters. The lowest BCUT2D eigenvalue weighted by molar-refractivity contribution is 0.338. The Kier molecular flexibility index (Phi) is 7.73. The molecule has 11 heteroatoms. The monoisotopic (exact) mass is 575 g/mol. The van der Waals surface area contributed by atoms with Gasteiger partial charge in [0.05, 0.1) is 39.5 Å². The van der Waals surface area contributed by atoms with Gasteiger partial charge in [-0.1, -0.05) is 61.1 Å². The Labute approximate surface area is 241 Å². The van der Waals surface area contributed by atoms with E-state index in [1.165, 1.54) is 11.3 Å². The van der Waals surface area contributed by atoms with Crippen LogP contribution in [0.25, 0.3) is 27.8 Å². The second kappa shape index (κ2) is 11.2. The first kappa shape index (κ1) is 27.5. The van der Waals surface area contributed by atoms with E-state index in [9.17, 15) is 4.79 Å². The summed E-state index contributed by atoms with van der Waals surface area (Å²) in [4.78, 5) is 32.3. The van der Waals surface area contributed by atoms with Gasteiger partial charge in [0.25, 0.3) is 10.8 Å². The van der Waals surface area contributed by atoms with Crippen molar-refractivity contribution in [3.8, 4) is 22.1 Å². The van der Waals surface area contributed by atoms with Crippen LogP contribution in [0.5, 0.6) is 5.19 Å². The number of nitrogens with two attached hydrogens (primary N) is 1. The van der Waals surface area contributed by atoms with Gasteiger partial charge in [-0.3, -0.25) is 9.36 Å². The van der Waals surface area contributed by atoms with Crippen molar-refractivity contribution in [3.05, 3.63) is 81.3 Å². The molecule has 40 heavy (non-hydrogen) atoms. The molecule has 3 heterocycles. The van der Waals surface area contributed by atoms with Crippen LogP contribution in [0.2, 0.25) is 5.02 Å². The van der Waals surface area contributed by atoms with Gasteiger partial charge in [-0.05, 0) is 44.5 Å². The molecule has 0 saturated carbocycles. The first-order valence-electron chi connectivity index (χ1n) is 13.0. The summed E-state index contributed by atoms with van der Waals surface area (Å²) in [5.41, 5.74) is 7.82. The minimum atomic E-state index is -0.615. The number of nitrogens with zero attached hydrogens (tertiary/aromatic N) is 5. The van der Waals surface area contributed by atoms with Crippen LogP contribution in [0.4, 0.5) is 11.8 Å². The summed E-state index contributed by atoms with van der Waals surface area (Å²) >= 11 is 7.89. The highest BCUT2D eigenvalue weighted by Crippen LogP contribution is 2.38. The Hall–Kier alpha value is -4.02. The maximum absolute atomic E-state index is 13.9. The molecular formula is C29H30ClN7O2S. The average Bonchev–Trinajstić information content (AvgIpc) is 3.41. The fourth-order valence-corrected chi connectivity index (χ4v) is 5.61. The molecule has 0 radical (unpaired) electrons. The van der Waals surface area contributed by atoms with Crippen molar-refractivity contribution < 1.29 is 4.74 Å². The highest BCUT2D eigenvalue weighted by molar-refractivity contribution is 7.11. The highest BCUT2D eigenvalue weighted by Gasteiger charge is 2.35. The number of hydrogen-bond donors (Lipinski definition) is 2. The Morgan fingerprint density at radius 1 is 1.12 bits per heavy atom. The van der Waals surface area contributed by atoms with Gasteiger partial charge in [0, 0.05) is 23.0 Å². The van der Waals surface area contributed by atoms with E-state index < -0.39 is 5.54 Å². The summed E-state index contributed by atoms with van der Waals surface area (Å²) in [5.74, 6) is 0.998. The summed E-state index contributed by atoms with van der Waals surface area (Å²) in [6.07, 6.45) is 2.34. The predicted molar refractivity (Wildman–Crippen MR) is 162 cm³/mol. The van der Waals surface area contributed by atoms with Gasteiger partial charge in [0.15, 0.2) is 0 Å². The third-order valence-corrected chi connectivity index (χ3v) is 8.27. The summed E-state index contributed by atoms with van der Waals surface area (Å²) in [7, 11) is 0. The molecule has 0 amide bonds. The van der Waals surface area contributed by atoms with Crippen molar-refractivity contribution in [2.75, 3.05) is 17.7 Å². The standard InChI is InChI=1S/C29H30ClN7O2S/c1-5-29(4,36-24-19(15-32-27(31)35-24)22-16-40-28(34-22)39-6-2)17(3)25-33-21-14-10-13-20(30)23(21)26(38)37(25)18-11-8-7-9-12-18/h7-17H,5-6H2,1-4H3,(H3,31,32,35,36).